The van der Waals surface area contributed by atoms with Crippen molar-refractivity contribution < 1.29 is 14.3 Å². The Morgan fingerprint density at radius 3 is 2.68 bits per heavy atom. The molecule has 1 aromatic heterocycles. The van der Waals surface area contributed by atoms with E-state index in [1.54, 1.807) is 24.3 Å². The molecule has 2 aromatic carbocycles. The molecule has 8 heteroatoms. The molecule has 0 saturated carbocycles. The van der Waals surface area contributed by atoms with Crippen LogP contribution in [0.2, 0.25) is 0 Å². The smallest absolute Gasteiger partial charge is 0.292 e. The predicted molar refractivity (Wildman–Crippen MR) is 104 cm³/mol. The van der Waals surface area contributed by atoms with Gasteiger partial charge in [0.15, 0.2) is 5.69 Å². The average Bonchev–Trinajstić information content (AvgIpc) is 2.70. The maximum absolute atomic E-state index is 13.4. The normalized spacial score (nSPS) is 11.6. The quantitative estimate of drug-likeness (QED) is 0.524. The largest absolute Gasteiger partial charge is 0.507 e. The highest BCUT2D eigenvalue weighted by Crippen LogP contribution is 2.19. The third kappa shape index (κ3) is 3.75. The lowest BCUT2D eigenvalue weighted by Crippen LogP contribution is -2.29. The van der Waals surface area contributed by atoms with E-state index >= 15 is 0 Å². The number of aryl methyl sites for hydroxylation is 1. The van der Waals surface area contributed by atoms with Crippen LogP contribution in [0.25, 0.3) is 10.8 Å². The molecule has 144 valence electrons. The van der Waals surface area contributed by atoms with Crippen molar-refractivity contribution in [2.75, 3.05) is 0 Å². The highest BCUT2D eigenvalue weighted by atomic mass is 19.1. The second-order valence-corrected chi connectivity index (χ2v) is 6.22. The average molecular weight is 382 g/mol. The highest BCUT2D eigenvalue weighted by Gasteiger charge is 2.16. The van der Waals surface area contributed by atoms with E-state index in [2.05, 4.69) is 15.6 Å². The number of hydrogen-bond acceptors (Lipinski definition) is 5. The van der Waals surface area contributed by atoms with Crippen LogP contribution in [0, 0.1) is 5.82 Å². The maximum Gasteiger partial charge on any atom is 0.292 e. The van der Waals surface area contributed by atoms with Crippen molar-refractivity contribution in [2.24, 2.45) is 5.10 Å². The molecule has 0 aliphatic rings. The van der Waals surface area contributed by atoms with Gasteiger partial charge in [-0.2, -0.15) is 10.2 Å². The standard InChI is InChI=1S/C20H19FN4O3/c1-3-10-25-20(28)15-7-5-4-6-14(15)18(24-25)19(27)23-22-12(2)16-11-13(21)8-9-17(16)26/h4-9,11,26H,3,10H2,1-2H3,(H,23,27)/b22-12+. The molecule has 3 rings (SSSR count). The fourth-order valence-corrected chi connectivity index (χ4v) is 2.81. The van der Waals surface area contributed by atoms with E-state index in [1.165, 1.54) is 17.7 Å². The van der Waals surface area contributed by atoms with Crippen molar-refractivity contribution in [3.8, 4) is 5.75 Å². The molecule has 1 heterocycles. The monoisotopic (exact) mass is 382 g/mol. The Morgan fingerprint density at radius 1 is 1.25 bits per heavy atom. The predicted octanol–water partition coefficient (Wildman–Crippen LogP) is 2.81. The Bertz CT molecular complexity index is 1140. The highest BCUT2D eigenvalue weighted by molar-refractivity contribution is 6.06. The topological polar surface area (TPSA) is 96.6 Å². The van der Waals surface area contributed by atoms with Crippen LogP contribution in [0.5, 0.6) is 5.75 Å². The van der Waals surface area contributed by atoms with Gasteiger partial charge in [-0.05, 0) is 37.6 Å². The number of halogens is 1. The molecule has 0 fully saturated rings. The zero-order valence-electron chi connectivity index (χ0n) is 15.4. The number of hydrogen-bond donors (Lipinski definition) is 2. The van der Waals surface area contributed by atoms with Gasteiger partial charge in [0.2, 0.25) is 0 Å². The molecule has 0 radical (unpaired) electrons. The van der Waals surface area contributed by atoms with Crippen molar-refractivity contribution in [1.82, 2.24) is 15.2 Å². The first-order chi connectivity index (χ1) is 13.4. The summed E-state index contributed by atoms with van der Waals surface area (Å²) in [5.41, 5.74) is 2.54. The number of aromatic nitrogens is 2. The van der Waals surface area contributed by atoms with E-state index in [0.717, 1.165) is 12.1 Å². The van der Waals surface area contributed by atoms with Crippen molar-refractivity contribution >= 4 is 22.4 Å². The minimum atomic E-state index is -0.615. The zero-order chi connectivity index (χ0) is 20.3. The van der Waals surface area contributed by atoms with Crippen LogP contribution in [0.15, 0.2) is 52.4 Å². The Labute approximate surface area is 160 Å². The summed E-state index contributed by atoms with van der Waals surface area (Å²) in [6.45, 7) is 3.81. The number of phenolic OH excluding ortho intramolecular Hbond substituents is 1. The summed E-state index contributed by atoms with van der Waals surface area (Å²) < 4.78 is 14.7. The lowest BCUT2D eigenvalue weighted by Gasteiger charge is -2.10. The number of aromatic hydroxyl groups is 1. The van der Waals surface area contributed by atoms with Crippen LogP contribution in [0.3, 0.4) is 0 Å². The van der Waals surface area contributed by atoms with Gasteiger partial charge in [0.1, 0.15) is 11.6 Å². The summed E-state index contributed by atoms with van der Waals surface area (Å²) >= 11 is 0. The summed E-state index contributed by atoms with van der Waals surface area (Å²) in [6, 6.07) is 10.2. The molecule has 0 aliphatic carbocycles. The van der Waals surface area contributed by atoms with Gasteiger partial charge in [-0.25, -0.2) is 14.5 Å². The number of hydrazone groups is 1. The minimum absolute atomic E-state index is 0.0589. The van der Waals surface area contributed by atoms with Crippen molar-refractivity contribution in [2.45, 2.75) is 26.8 Å². The maximum atomic E-state index is 13.4. The van der Waals surface area contributed by atoms with Gasteiger partial charge in [0, 0.05) is 17.5 Å². The van der Waals surface area contributed by atoms with E-state index in [1.807, 2.05) is 6.92 Å². The summed E-state index contributed by atoms with van der Waals surface area (Å²) in [6.07, 6.45) is 0.683. The molecular formula is C20H19FN4O3. The fraction of sp³-hybridized carbons (Fsp3) is 0.200. The van der Waals surface area contributed by atoms with Crippen LogP contribution in [-0.4, -0.2) is 26.5 Å². The molecule has 2 N–H and O–H groups in total. The number of carbonyl (C=O) groups is 1. The van der Waals surface area contributed by atoms with Crippen molar-refractivity contribution in [3.63, 3.8) is 0 Å². The molecule has 7 nitrogen and oxygen atoms in total. The van der Waals surface area contributed by atoms with Gasteiger partial charge in [-0.15, -0.1) is 0 Å². The first-order valence-corrected chi connectivity index (χ1v) is 8.75. The van der Waals surface area contributed by atoms with Crippen molar-refractivity contribution in [1.29, 1.82) is 0 Å². The Morgan fingerprint density at radius 2 is 1.96 bits per heavy atom. The number of phenols is 1. The Balaban J connectivity index is 1.98. The van der Waals surface area contributed by atoms with Crippen LogP contribution in [0.1, 0.15) is 36.3 Å². The number of nitrogens with zero attached hydrogens (tertiary/aromatic N) is 3. The van der Waals surface area contributed by atoms with E-state index in [9.17, 15) is 19.1 Å². The molecule has 0 atom stereocenters. The summed E-state index contributed by atoms with van der Waals surface area (Å²) in [7, 11) is 0. The first kappa shape index (κ1) is 19.2. The van der Waals surface area contributed by atoms with Crippen LogP contribution >= 0.6 is 0 Å². The molecular weight excluding hydrogens is 363 g/mol. The van der Waals surface area contributed by atoms with Gasteiger partial charge in [0.25, 0.3) is 11.5 Å². The number of rotatable bonds is 5. The number of benzene rings is 2. The molecule has 28 heavy (non-hydrogen) atoms. The Hall–Kier alpha value is -3.55. The second kappa shape index (κ2) is 7.99. The van der Waals surface area contributed by atoms with Gasteiger partial charge < -0.3 is 5.11 Å². The van der Waals surface area contributed by atoms with E-state index in [4.69, 9.17) is 0 Å². The summed E-state index contributed by atoms with van der Waals surface area (Å²) in [4.78, 5) is 25.2. The zero-order valence-corrected chi connectivity index (χ0v) is 15.4. The lowest BCUT2D eigenvalue weighted by atomic mass is 10.1. The first-order valence-electron chi connectivity index (χ1n) is 8.75. The molecule has 1 amide bonds. The third-order valence-corrected chi connectivity index (χ3v) is 4.19. The van der Waals surface area contributed by atoms with Crippen LogP contribution < -0.4 is 11.0 Å². The SMILES string of the molecule is CCCn1nc(C(=O)N/N=C(\C)c2cc(F)ccc2O)c2ccccc2c1=O. The number of fused-ring (bicyclic) bond motifs is 1. The summed E-state index contributed by atoms with van der Waals surface area (Å²) in [5, 5.41) is 18.8. The van der Waals surface area contributed by atoms with Crippen LogP contribution in [-0.2, 0) is 6.54 Å². The van der Waals surface area contributed by atoms with Crippen molar-refractivity contribution in [3.05, 3.63) is 69.9 Å². The molecule has 0 bridgehead atoms. The Kier molecular flexibility index (Phi) is 5.49. The van der Waals surface area contributed by atoms with E-state index in [-0.39, 0.29) is 28.3 Å². The molecule has 0 aliphatic heterocycles. The lowest BCUT2D eigenvalue weighted by molar-refractivity contribution is 0.0949. The van der Waals surface area contributed by atoms with Crippen LogP contribution in [0.4, 0.5) is 4.39 Å². The third-order valence-electron chi connectivity index (χ3n) is 4.19. The number of carbonyl (C=O) groups excluding carboxylic acids is 1. The van der Waals surface area contributed by atoms with Gasteiger partial charge in [-0.3, -0.25) is 9.59 Å². The molecule has 0 saturated heterocycles. The molecule has 0 unspecified atom stereocenters. The van der Waals surface area contributed by atoms with E-state index in [0.29, 0.717) is 23.7 Å². The number of nitrogens with one attached hydrogen (secondary N) is 1. The summed E-state index contributed by atoms with van der Waals surface area (Å²) in [5.74, 6) is -1.30. The second-order valence-electron chi connectivity index (χ2n) is 6.22. The number of amides is 1. The molecule has 0 spiro atoms. The van der Waals surface area contributed by atoms with E-state index < -0.39 is 11.7 Å². The fourth-order valence-electron chi connectivity index (χ4n) is 2.81. The van der Waals surface area contributed by atoms with Gasteiger partial charge >= 0.3 is 0 Å². The van der Waals surface area contributed by atoms with Gasteiger partial charge in [0.05, 0.1) is 11.1 Å². The van der Waals surface area contributed by atoms with Gasteiger partial charge in [-0.1, -0.05) is 25.1 Å². The minimum Gasteiger partial charge on any atom is -0.507 e. The molecule has 3 aromatic rings.